The predicted molar refractivity (Wildman–Crippen MR) is 97.6 cm³/mol. The van der Waals surface area contributed by atoms with Gasteiger partial charge in [0, 0.05) is 36.9 Å². The standard InChI is InChI=1S/C20H30N2/c1-7-17-18(8-2)20(10-4)22(19(17)9-3)16-13-11-15(12-14-16)21(5)6/h11-14H,7-10H2,1-6H3. The van der Waals surface area contributed by atoms with Crippen LogP contribution in [0, 0.1) is 0 Å². The molecule has 2 rings (SSSR count). The van der Waals surface area contributed by atoms with E-state index in [0.717, 1.165) is 25.7 Å². The highest BCUT2D eigenvalue weighted by atomic mass is 15.1. The highest BCUT2D eigenvalue weighted by Crippen LogP contribution is 2.30. The highest BCUT2D eigenvalue weighted by molar-refractivity contribution is 5.53. The van der Waals surface area contributed by atoms with Gasteiger partial charge in [-0.15, -0.1) is 0 Å². The van der Waals surface area contributed by atoms with Crippen LogP contribution in [0.3, 0.4) is 0 Å². The second-order valence-corrected chi connectivity index (χ2v) is 6.01. The lowest BCUT2D eigenvalue weighted by Gasteiger charge is -2.16. The van der Waals surface area contributed by atoms with E-state index < -0.39 is 0 Å². The van der Waals surface area contributed by atoms with Gasteiger partial charge in [0.25, 0.3) is 0 Å². The Kier molecular flexibility index (Phi) is 5.33. The Bertz CT molecular complexity index is 589. The summed E-state index contributed by atoms with van der Waals surface area (Å²) in [5.41, 5.74) is 8.67. The van der Waals surface area contributed by atoms with Gasteiger partial charge in [0.15, 0.2) is 0 Å². The van der Waals surface area contributed by atoms with E-state index in [1.807, 2.05) is 0 Å². The van der Waals surface area contributed by atoms with Crippen molar-refractivity contribution in [2.24, 2.45) is 0 Å². The first-order chi connectivity index (χ1) is 10.6. The van der Waals surface area contributed by atoms with E-state index in [4.69, 9.17) is 0 Å². The van der Waals surface area contributed by atoms with Crippen molar-refractivity contribution in [3.8, 4) is 5.69 Å². The van der Waals surface area contributed by atoms with E-state index in [1.165, 1.54) is 22.8 Å². The first-order valence-corrected chi connectivity index (χ1v) is 8.60. The van der Waals surface area contributed by atoms with Gasteiger partial charge in [0.1, 0.15) is 0 Å². The smallest absolute Gasteiger partial charge is 0.0456 e. The molecule has 1 heterocycles. The molecular formula is C20H30N2. The van der Waals surface area contributed by atoms with Gasteiger partial charge >= 0.3 is 0 Å². The van der Waals surface area contributed by atoms with Gasteiger partial charge in [-0.3, -0.25) is 0 Å². The summed E-state index contributed by atoms with van der Waals surface area (Å²) in [7, 11) is 4.17. The predicted octanol–water partition coefficient (Wildman–Crippen LogP) is 4.79. The Morgan fingerprint density at radius 2 is 1.18 bits per heavy atom. The van der Waals surface area contributed by atoms with Crippen LogP contribution in [0.5, 0.6) is 0 Å². The fraction of sp³-hybridized carbons (Fsp3) is 0.500. The zero-order chi connectivity index (χ0) is 16.3. The van der Waals surface area contributed by atoms with Crippen molar-refractivity contribution in [1.29, 1.82) is 0 Å². The molecule has 120 valence electrons. The summed E-state index contributed by atoms with van der Waals surface area (Å²) in [6.45, 7) is 9.12. The molecule has 2 aromatic rings. The third kappa shape index (κ3) is 2.79. The topological polar surface area (TPSA) is 8.17 Å². The van der Waals surface area contributed by atoms with E-state index >= 15 is 0 Å². The zero-order valence-electron chi connectivity index (χ0n) is 15.0. The van der Waals surface area contributed by atoms with Crippen molar-refractivity contribution in [3.05, 3.63) is 46.8 Å². The second kappa shape index (κ2) is 7.04. The molecule has 0 unspecified atom stereocenters. The van der Waals surface area contributed by atoms with Crippen LogP contribution in [-0.4, -0.2) is 18.7 Å². The number of rotatable bonds is 6. The average molecular weight is 298 g/mol. The maximum absolute atomic E-state index is 2.51. The molecule has 0 fully saturated rings. The van der Waals surface area contributed by atoms with Crippen LogP contribution in [0.25, 0.3) is 5.69 Å². The Morgan fingerprint density at radius 1 is 0.727 bits per heavy atom. The van der Waals surface area contributed by atoms with E-state index in [0.29, 0.717) is 0 Å². The lowest BCUT2D eigenvalue weighted by Crippen LogP contribution is -2.09. The maximum Gasteiger partial charge on any atom is 0.0456 e. The van der Waals surface area contributed by atoms with Crippen LogP contribution in [0.15, 0.2) is 24.3 Å². The third-order valence-electron chi connectivity index (χ3n) is 4.60. The quantitative estimate of drug-likeness (QED) is 0.744. The minimum Gasteiger partial charge on any atom is -0.378 e. The molecule has 0 atom stereocenters. The van der Waals surface area contributed by atoms with Gasteiger partial charge in [-0.05, 0) is 61.1 Å². The molecule has 0 amide bonds. The van der Waals surface area contributed by atoms with Gasteiger partial charge in [0.05, 0.1) is 0 Å². The Balaban J connectivity index is 2.65. The lowest BCUT2D eigenvalue weighted by atomic mass is 10.0. The van der Waals surface area contributed by atoms with Crippen LogP contribution in [-0.2, 0) is 25.7 Å². The zero-order valence-corrected chi connectivity index (χ0v) is 15.0. The molecule has 22 heavy (non-hydrogen) atoms. The number of hydrogen-bond donors (Lipinski definition) is 0. The fourth-order valence-electron chi connectivity index (χ4n) is 3.57. The molecule has 0 N–H and O–H groups in total. The molecule has 0 aliphatic rings. The third-order valence-corrected chi connectivity index (χ3v) is 4.60. The minimum absolute atomic E-state index is 1.09. The molecule has 0 spiro atoms. The van der Waals surface area contributed by atoms with Crippen molar-refractivity contribution in [3.63, 3.8) is 0 Å². The van der Waals surface area contributed by atoms with E-state index in [9.17, 15) is 0 Å². The number of nitrogens with zero attached hydrogens (tertiary/aromatic N) is 2. The molecule has 0 saturated heterocycles. The van der Waals surface area contributed by atoms with E-state index in [2.05, 4.69) is 75.5 Å². The molecule has 0 aliphatic heterocycles. The highest BCUT2D eigenvalue weighted by Gasteiger charge is 2.19. The second-order valence-electron chi connectivity index (χ2n) is 6.01. The summed E-state index contributed by atoms with van der Waals surface area (Å²) in [4.78, 5) is 2.15. The molecule has 0 bridgehead atoms. The molecule has 0 aliphatic carbocycles. The number of benzene rings is 1. The molecule has 0 radical (unpaired) electrons. The summed E-state index contributed by atoms with van der Waals surface area (Å²) in [6, 6.07) is 8.94. The first-order valence-electron chi connectivity index (χ1n) is 8.60. The number of aromatic nitrogens is 1. The first kappa shape index (κ1) is 16.7. The molecule has 0 saturated carbocycles. The SMILES string of the molecule is CCc1c(CC)c(CC)n(-c2ccc(N(C)C)cc2)c1CC. The van der Waals surface area contributed by atoms with Crippen molar-refractivity contribution in [1.82, 2.24) is 4.57 Å². The Labute approximate surface area is 135 Å². The molecular weight excluding hydrogens is 268 g/mol. The van der Waals surface area contributed by atoms with Gasteiger partial charge in [-0.25, -0.2) is 0 Å². The van der Waals surface area contributed by atoms with Crippen LogP contribution < -0.4 is 4.90 Å². The van der Waals surface area contributed by atoms with Crippen LogP contribution in [0.4, 0.5) is 5.69 Å². The van der Waals surface area contributed by atoms with Crippen molar-refractivity contribution in [2.75, 3.05) is 19.0 Å². The van der Waals surface area contributed by atoms with Crippen molar-refractivity contribution in [2.45, 2.75) is 53.4 Å². The normalized spacial score (nSPS) is 11.0. The number of hydrogen-bond acceptors (Lipinski definition) is 1. The van der Waals surface area contributed by atoms with Crippen LogP contribution in [0.1, 0.15) is 50.2 Å². The monoisotopic (exact) mass is 298 g/mol. The van der Waals surface area contributed by atoms with Gasteiger partial charge in [-0.2, -0.15) is 0 Å². The van der Waals surface area contributed by atoms with Gasteiger partial charge in [-0.1, -0.05) is 27.7 Å². The summed E-state index contributed by atoms with van der Waals surface area (Å²) in [6.07, 6.45) is 4.43. The van der Waals surface area contributed by atoms with Crippen molar-refractivity contribution < 1.29 is 0 Å². The van der Waals surface area contributed by atoms with Gasteiger partial charge < -0.3 is 9.47 Å². The molecule has 2 heteroatoms. The minimum atomic E-state index is 1.09. The average Bonchev–Trinajstić information content (AvgIpc) is 2.86. The lowest BCUT2D eigenvalue weighted by molar-refractivity contribution is 0.853. The maximum atomic E-state index is 2.51. The number of anilines is 1. The summed E-state index contributed by atoms with van der Waals surface area (Å²) < 4.78 is 2.51. The van der Waals surface area contributed by atoms with Crippen LogP contribution in [0.2, 0.25) is 0 Å². The Morgan fingerprint density at radius 3 is 1.50 bits per heavy atom. The van der Waals surface area contributed by atoms with Crippen LogP contribution >= 0.6 is 0 Å². The van der Waals surface area contributed by atoms with Gasteiger partial charge in [0.2, 0.25) is 0 Å². The molecule has 2 nitrogen and oxygen atoms in total. The van der Waals surface area contributed by atoms with E-state index in [1.54, 1.807) is 11.1 Å². The van der Waals surface area contributed by atoms with Crippen molar-refractivity contribution >= 4 is 5.69 Å². The fourth-order valence-corrected chi connectivity index (χ4v) is 3.57. The molecule has 1 aromatic heterocycles. The summed E-state index contributed by atoms with van der Waals surface area (Å²) in [5, 5.41) is 0. The Hall–Kier alpha value is -1.70. The molecule has 1 aromatic carbocycles. The summed E-state index contributed by atoms with van der Waals surface area (Å²) >= 11 is 0. The van der Waals surface area contributed by atoms with E-state index in [-0.39, 0.29) is 0 Å². The largest absolute Gasteiger partial charge is 0.378 e. The summed E-state index contributed by atoms with van der Waals surface area (Å²) in [5.74, 6) is 0.